The zero-order chi connectivity index (χ0) is 16.7. The van der Waals surface area contributed by atoms with Gasteiger partial charge in [-0.1, -0.05) is 30.4 Å². The fourth-order valence-electron chi connectivity index (χ4n) is 1.86. The summed E-state index contributed by atoms with van der Waals surface area (Å²) >= 11 is 1.72. The predicted octanol–water partition coefficient (Wildman–Crippen LogP) is 4.90. The van der Waals surface area contributed by atoms with Crippen molar-refractivity contribution in [3.8, 4) is 0 Å². The Kier molecular flexibility index (Phi) is 7.42. The van der Waals surface area contributed by atoms with E-state index in [-0.39, 0.29) is 11.2 Å². The van der Waals surface area contributed by atoms with E-state index < -0.39 is 16.2 Å². The Labute approximate surface area is 140 Å². The summed E-state index contributed by atoms with van der Waals surface area (Å²) < 4.78 is 48.6. The van der Waals surface area contributed by atoms with Gasteiger partial charge in [-0.25, -0.2) is 0 Å². The van der Waals surface area contributed by atoms with E-state index in [4.69, 9.17) is 9.47 Å². The van der Waals surface area contributed by atoms with Gasteiger partial charge in [-0.2, -0.15) is 24.4 Å². The van der Waals surface area contributed by atoms with E-state index in [0.717, 1.165) is 5.56 Å². The molecular weight excluding hydrogens is 345 g/mol. The molecule has 0 saturated carbocycles. The van der Waals surface area contributed by atoms with Crippen molar-refractivity contribution in [2.75, 3.05) is 19.5 Å². The van der Waals surface area contributed by atoms with Gasteiger partial charge in [0, 0.05) is 4.90 Å². The summed E-state index contributed by atoms with van der Waals surface area (Å²) in [5, 5.41) is -1.83. The van der Waals surface area contributed by atoms with Crippen molar-refractivity contribution < 1.29 is 22.1 Å². The number of thioether (sulfide) groups is 1. The summed E-state index contributed by atoms with van der Waals surface area (Å²) in [5.41, 5.74) is 0.794. The van der Waals surface area contributed by atoms with Gasteiger partial charge in [0.2, 0.25) is 0 Å². The maximum atomic E-state index is 13.1. The minimum Gasteiger partial charge on any atom is -0.348 e. The molecule has 0 N–H and O–H groups in total. The molecule has 126 valence electrons. The van der Waals surface area contributed by atoms with Crippen molar-refractivity contribution in [3.63, 3.8) is 0 Å². The molecule has 1 aromatic rings. The number of rotatable bonds is 5. The van der Waals surface area contributed by atoms with Gasteiger partial charge < -0.3 is 9.47 Å². The Balaban J connectivity index is 1.86. The molecule has 1 aromatic carbocycles. The standard InChI is InChI=1S/C16H17F3O2S2/c1-22-13-10-20-15(21-11-13)5-3-2-4-12-6-8-14(9-7-12)23(19)16(17)18/h2-9,13,15H,10-11H2,1H3/b4-2+,5-3+. The molecule has 2 rings (SSSR count). The van der Waals surface area contributed by atoms with Gasteiger partial charge >= 0.3 is 5.37 Å². The molecule has 0 amide bonds. The normalized spacial score (nSPS) is 23.5. The number of hydrogen-bond donors (Lipinski definition) is 0. The van der Waals surface area contributed by atoms with E-state index in [1.807, 2.05) is 6.26 Å². The highest BCUT2D eigenvalue weighted by Crippen LogP contribution is 2.30. The molecule has 0 bridgehead atoms. The van der Waals surface area contributed by atoms with E-state index in [0.29, 0.717) is 18.5 Å². The second-order valence-electron chi connectivity index (χ2n) is 4.69. The van der Waals surface area contributed by atoms with Gasteiger partial charge in [-0.15, -0.1) is 0 Å². The molecule has 0 spiro atoms. The Morgan fingerprint density at radius 3 is 2.39 bits per heavy atom. The molecule has 7 heteroatoms. The maximum Gasteiger partial charge on any atom is 0.328 e. The fraction of sp³-hybridized carbons (Fsp3) is 0.312. The van der Waals surface area contributed by atoms with E-state index >= 15 is 0 Å². The minimum atomic E-state index is -2.60. The summed E-state index contributed by atoms with van der Waals surface area (Å²) in [6.07, 6.45) is 8.86. The molecule has 1 fully saturated rings. The molecule has 1 aliphatic rings. The number of halogens is 3. The van der Waals surface area contributed by atoms with Crippen LogP contribution >= 0.6 is 22.6 Å². The van der Waals surface area contributed by atoms with Gasteiger partial charge in [0.05, 0.1) is 29.3 Å². The largest absolute Gasteiger partial charge is 0.348 e. The SMILES string of the molecule is CSC1COC(/C=C/C=C/c2ccc(S(F)=C(F)F)cc2)OC1. The maximum absolute atomic E-state index is 13.1. The Hall–Kier alpha value is -1.02. The first-order valence-corrected chi connectivity index (χ1v) is 9.31. The lowest BCUT2D eigenvalue weighted by Gasteiger charge is -2.26. The molecule has 0 aliphatic carbocycles. The van der Waals surface area contributed by atoms with Crippen LogP contribution in [0.3, 0.4) is 0 Å². The van der Waals surface area contributed by atoms with Crippen LogP contribution in [0.15, 0.2) is 47.4 Å². The third-order valence-corrected chi connectivity index (χ3v) is 5.01. The lowest BCUT2D eigenvalue weighted by molar-refractivity contribution is -0.146. The topological polar surface area (TPSA) is 18.5 Å². The first kappa shape index (κ1) is 18.3. The third-order valence-electron chi connectivity index (χ3n) is 3.12. The highest BCUT2D eigenvalue weighted by atomic mass is 32.2. The summed E-state index contributed by atoms with van der Waals surface area (Å²) in [6.45, 7) is 1.32. The van der Waals surface area contributed by atoms with Crippen molar-refractivity contribution in [2.45, 2.75) is 16.4 Å². The molecule has 1 aliphatic heterocycles. The molecule has 1 heterocycles. The van der Waals surface area contributed by atoms with Crippen molar-refractivity contribution in [3.05, 3.63) is 48.1 Å². The quantitative estimate of drug-likeness (QED) is 0.422. The van der Waals surface area contributed by atoms with Crippen LogP contribution in [-0.4, -0.2) is 36.4 Å². The number of allylic oxidation sites excluding steroid dienone is 2. The van der Waals surface area contributed by atoms with Crippen molar-refractivity contribution in [1.29, 1.82) is 0 Å². The highest BCUT2D eigenvalue weighted by molar-refractivity contribution is 8.11. The molecule has 1 saturated heterocycles. The Morgan fingerprint density at radius 1 is 1.17 bits per heavy atom. The molecule has 1 atom stereocenters. The molecule has 0 radical (unpaired) electrons. The van der Waals surface area contributed by atoms with E-state index in [1.165, 1.54) is 12.1 Å². The monoisotopic (exact) mass is 362 g/mol. The lowest BCUT2D eigenvalue weighted by atomic mass is 10.2. The number of benzene rings is 1. The van der Waals surface area contributed by atoms with Crippen LogP contribution in [0.1, 0.15) is 5.56 Å². The third kappa shape index (κ3) is 5.84. The fourth-order valence-corrected chi connectivity index (χ4v) is 2.84. The Morgan fingerprint density at radius 2 is 1.83 bits per heavy atom. The van der Waals surface area contributed by atoms with Gasteiger partial charge in [0.1, 0.15) is 0 Å². The summed E-state index contributed by atoms with van der Waals surface area (Å²) in [7, 11) is -2.60. The molecule has 2 nitrogen and oxygen atoms in total. The van der Waals surface area contributed by atoms with E-state index in [1.54, 1.807) is 48.2 Å². The van der Waals surface area contributed by atoms with Crippen LogP contribution in [0.4, 0.5) is 12.7 Å². The highest BCUT2D eigenvalue weighted by Gasteiger charge is 2.18. The van der Waals surface area contributed by atoms with Crippen LogP contribution in [0, 0.1) is 0 Å². The second-order valence-corrected chi connectivity index (χ2v) is 7.12. The van der Waals surface area contributed by atoms with E-state index in [2.05, 4.69) is 0 Å². The van der Waals surface area contributed by atoms with Crippen molar-refractivity contribution >= 4 is 34.1 Å². The van der Waals surface area contributed by atoms with Crippen LogP contribution in [0.25, 0.3) is 6.08 Å². The van der Waals surface area contributed by atoms with Crippen LogP contribution in [0.2, 0.25) is 0 Å². The predicted molar refractivity (Wildman–Crippen MR) is 91.8 cm³/mol. The zero-order valence-corrected chi connectivity index (χ0v) is 14.1. The molecule has 0 aromatic heterocycles. The van der Waals surface area contributed by atoms with Gasteiger partial charge in [0.25, 0.3) is 0 Å². The number of ether oxygens (including phenoxy) is 2. The molecule has 23 heavy (non-hydrogen) atoms. The smallest absolute Gasteiger partial charge is 0.328 e. The van der Waals surface area contributed by atoms with Crippen molar-refractivity contribution in [1.82, 2.24) is 0 Å². The molecule has 1 unspecified atom stereocenters. The second kappa shape index (κ2) is 9.32. The lowest BCUT2D eigenvalue weighted by Crippen LogP contribution is -2.32. The minimum absolute atomic E-state index is 0.0231. The van der Waals surface area contributed by atoms with Gasteiger partial charge in [-0.3, -0.25) is 0 Å². The van der Waals surface area contributed by atoms with Crippen LogP contribution < -0.4 is 0 Å². The number of hydrogen-bond acceptors (Lipinski definition) is 3. The Bertz CT molecular complexity index is 588. The summed E-state index contributed by atoms with van der Waals surface area (Å²) in [6, 6.07) is 5.92. The summed E-state index contributed by atoms with van der Waals surface area (Å²) in [4.78, 5) is -0.0231. The zero-order valence-electron chi connectivity index (χ0n) is 12.5. The first-order valence-electron chi connectivity index (χ1n) is 6.89. The van der Waals surface area contributed by atoms with Crippen LogP contribution in [-0.2, 0) is 9.47 Å². The average molecular weight is 362 g/mol. The van der Waals surface area contributed by atoms with E-state index in [9.17, 15) is 12.7 Å². The van der Waals surface area contributed by atoms with Gasteiger partial charge in [-0.05, 0) is 30.0 Å². The average Bonchev–Trinajstić information content (AvgIpc) is 2.59. The molecular formula is C16H17F3O2S2. The summed E-state index contributed by atoms with van der Waals surface area (Å²) in [5.74, 6) is 0. The first-order chi connectivity index (χ1) is 11.1. The van der Waals surface area contributed by atoms with Crippen molar-refractivity contribution in [2.24, 2.45) is 0 Å². The van der Waals surface area contributed by atoms with Gasteiger partial charge in [0.15, 0.2) is 6.29 Å². The van der Waals surface area contributed by atoms with Crippen LogP contribution in [0.5, 0.6) is 0 Å².